The number of amides is 1. The lowest BCUT2D eigenvalue weighted by Gasteiger charge is -2.25. The summed E-state index contributed by atoms with van der Waals surface area (Å²) in [7, 11) is 0. The van der Waals surface area contributed by atoms with Gasteiger partial charge in [0.1, 0.15) is 17.5 Å². The van der Waals surface area contributed by atoms with E-state index in [2.05, 4.69) is 11.1 Å². The lowest BCUT2D eigenvalue weighted by Crippen LogP contribution is -2.36. The maximum absolute atomic E-state index is 12.4. The largest absolute Gasteiger partial charge is 0.489 e. The zero-order valence-electron chi connectivity index (χ0n) is 21.0. The van der Waals surface area contributed by atoms with Crippen LogP contribution in [0.15, 0.2) is 48.5 Å². The Balaban J connectivity index is 1.45. The van der Waals surface area contributed by atoms with Gasteiger partial charge in [0.15, 0.2) is 0 Å². The first kappa shape index (κ1) is 25.1. The number of nitrogens with zero attached hydrogens (tertiary/aromatic N) is 2. The van der Waals surface area contributed by atoms with E-state index in [0.717, 1.165) is 16.6 Å². The van der Waals surface area contributed by atoms with E-state index in [9.17, 15) is 14.7 Å². The van der Waals surface area contributed by atoms with Crippen molar-refractivity contribution in [3.05, 3.63) is 65.4 Å². The minimum absolute atomic E-state index is 0.154. The van der Waals surface area contributed by atoms with Crippen LogP contribution in [0.2, 0.25) is 0 Å². The third kappa shape index (κ3) is 5.46. The Morgan fingerprint density at radius 1 is 1.14 bits per heavy atom. The van der Waals surface area contributed by atoms with Crippen LogP contribution < -0.4 is 4.74 Å². The zero-order chi connectivity index (χ0) is 26.1. The van der Waals surface area contributed by atoms with Gasteiger partial charge >= 0.3 is 12.1 Å². The maximum atomic E-state index is 12.4. The number of hydrogen-bond donors (Lipinski definition) is 2. The van der Waals surface area contributed by atoms with Gasteiger partial charge in [0.2, 0.25) is 0 Å². The van der Waals surface area contributed by atoms with E-state index < -0.39 is 17.0 Å². The number of aromatic nitrogens is 1. The summed E-state index contributed by atoms with van der Waals surface area (Å²) < 4.78 is 11.5. The quantitative estimate of drug-likeness (QED) is 0.503. The molecule has 188 valence electrons. The molecular weight excluding hydrogens is 458 g/mol. The molecule has 2 atom stereocenters. The number of carboxylic acids is 1. The van der Waals surface area contributed by atoms with Crippen LogP contribution >= 0.6 is 0 Å². The number of carbonyl (C=O) groups is 2. The van der Waals surface area contributed by atoms with Crippen LogP contribution in [0.5, 0.6) is 5.75 Å². The molecule has 3 aromatic rings. The normalized spacial score (nSPS) is 17.4. The highest BCUT2D eigenvalue weighted by atomic mass is 16.6. The van der Waals surface area contributed by atoms with Gasteiger partial charge in [0.25, 0.3) is 0 Å². The Morgan fingerprint density at radius 2 is 1.86 bits per heavy atom. The van der Waals surface area contributed by atoms with Crippen molar-refractivity contribution in [2.24, 2.45) is 0 Å². The number of carbonyl (C=O) groups excluding carboxylic acids is 1. The first-order chi connectivity index (χ1) is 17.0. The smallest absolute Gasteiger partial charge is 0.410 e. The van der Waals surface area contributed by atoms with Crippen LogP contribution in [0.25, 0.3) is 10.9 Å². The topological polar surface area (TPSA) is 116 Å². The van der Waals surface area contributed by atoms with Crippen molar-refractivity contribution in [1.29, 1.82) is 5.26 Å². The third-order valence-electron chi connectivity index (χ3n) is 6.41. The Labute approximate surface area is 210 Å². The molecule has 0 radical (unpaired) electrons. The van der Waals surface area contributed by atoms with Crippen molar-refractivity contribution >= 4 is 23.0 Å². The fraction of sp³-hybridized carbons (Fsp3) is 0.393. The number of fused-ring (bicyclic) bond motifs is 1. The predicted octanol–water partition coefficient (Wildman–Crippen LogP) is 5.01. The van der Waals surface area contributed by atoms with Gasteiger partial charge in [0, 0.05) is 30.6 Å². The monoisotopic (exact) mass is 489 g/mol. The average Bonchev–Trinajstić information content (AvgIpc) is 3.44. The van der Waals surface area contributed by atoms with Crippen molar-refractivity contribution in [2.75, 3.05) is 13.1 Å². The van der Waals surface area contributed by atoms with Gasteiger partial charge < -0.3 is 24.5 Å². The Bertz CT molecular complexity index is 1320. The number of hydrogen-bond acceptors (Lipinski definition) is 5. The van der Waals surface area contributed by atoms with Crippen molar-refractivity contribution in [3.8, 4) is 11.8 Å². The maximum Gasteiger partial charge on any atom is 0.410 e. The summed E-state index contributed by atoms with van der Waals surface area (Å²) in [6.45, 7) is 8.22. The summed E-state index contributed by atoms with van der Waals surface area (Å²) >= 11 is 0. The Kier molecular flexibility index (Phi) is 6.68. The molecule has 1 aliphatic heterocycles. The van der Waals surface area contributed by atoms with Crippen molar-refractivity contribution in [1.82, 2.24) is 9.88 Å². The lowest BCUT2D eigenvalue weighted by molar-refractivity contribution is -0.143. The average molecular weight is 490 g/mol. The second kappa shape index (κ2) is 9.57. The Hall–Kier alpha value is -3.99. The fourth-order valence-electron chi connectivity index (χ4n) is 4.44. The number of aliphatic carboxylic acids is 1. The molecule has 1 aliphatic rings. The van der Waals surface area contributed by atoms with Gasteiger partial charge in [-0.15, -0.1) is 0 Å². The van der Waals surface area contributed by atoms with E-state index in [-0.39, 0.29) is 18.6 Å². The summed E-state index contributed by atoms with van der Waals surface area (Å²) in [5, 5.41) is 20.2. The van der Waals surface area contributed by atoms with Gasteiger partial charge in [-0.3, -0.25) is 4.79 Å². The van der Waals surface area contributed by atoms with E-state index in [1.807, 2.05) is 32.9 Å². The highest BCUT2D eigenvalue weighted by Gasteiger charge is 2.36. The molecule has 1 fully saturated rings. The molecule has 0 bridgehead atoms. The van der Waals surface area contributed by atoms with E-state index >= 15 is 0 Å². The molecular formula is C28H31N3O5. The number of likely N-dealkylation sites (tertiary alicyclic amines) is 1. The molecule has 1 unspecified atom stereocenters. The second-order valence-corrected chi connectivity index (χ2v) is 10.5. The second-order valence-electron chi connectivity index (χ2n) is 10.5. The van der Waals surface area contributed by atoms with Gasteiger partial charge in [-0.2, -0.15) is 5.26 Å². The molecule has 8 heteroatoms. The van der Waals surface area contributed by atoms with Crippen molar-refractivity contribution in [3.63, 3.8) is 0 Å². The number of nitriles is 1. The SMILES string of the molecule is CC(C)(C)OC(=O)N1CC[C@H](Oc2ccc(C(C)(Cc3cc4ccc(C#N)cc4[nH]3)C(=O)O)cc2)C1. The summed E-state index contributed by atoms with van der Waals surface area (Å²) in [6.07, 6.45) is 0.453. The number of rotatable bonds is 6. The minimum atomic E-state index is -1.17. The first-order valence-electron chi connectivity index (χ1n) is 12.0. The lowest BCUT2D eigenvalue weighted by atomic mass is 9.78. The highest BCUT2D eigenvalue weighted by Crippen LogP contribution is 2.32. The summed E-state index contributed by atoms with van der Waals surface area (Å²) in [4.78, 5) is 29.6. The predicted molar refractivity (Wildman–Crippen MR) is 135 cm³/mol. The molecule has 0 spiro atoms. The number of H-pyrrole nitrogens is 1. The van der Waals surface area contributed by atoms with E-state index in [1.165, 1.54) is 0 Å². The summed E-state index contributed by atoms with van der Waals surface area (Å²) in [6, 6.07) is 16.5. The molecule has 1 saturated heterocycles. The van der Waals surface area contributed by atoms with E-state index in [1.54, 1.807) is 48.2 Å². The molecule has 2 N–H and O–H groups in total. The summed E-state index contributed by atoms with van der Waals surface area (Å²) in [5.41, 5.74) is 1.06. The number of aromatic amines is 1. The molecule has 2 aromatic carbocycles. The minimum Gasteiger partial charge on any atom is -0.489 e. The van der Waals surface area contributed by atoms with Crippen LogP contribution in [0.4, 0.5) is 4.79 Å². The molecule has 0 aliphatic carbocycles. The van der Waals surface area contributed by atoms with Crippen molar-refractivity contribution < 1.29 is 24.2 Å². The van der Waals surface area contributed by atoms with Crippen molar-refractivity contribution in [2.45, 2.75) is 57.7 Å². The number of ether oxygens (including phenoxy) is 2. The molecule has 0 saturated carbocycles. The molecule has 36 heavy (non-hydrogen) atoms. The summed E-state index contributed by atoms with van der Waals surface area (Å²) in [5.74, 6) is -0.312. The van der Waals surface area contributed by atoms with Crippen LogP contribution in [0.3, 0.4) is 0 Å². The van der Waals surface area contributed by atoms with Crippen LogP contribution in [-0.4, -0.2) is 51.8 Å². The molecule has 2 heterocycles. The van der Waals surface area contributed by atoms with E-state index in [0.29, 0.717) is 36.4 Å². The number of carboxylic acid groups (broad SMARTS) is 1. The van der Waals surface area contributed by atoms with Gasteiger partial charge in [-0.1, -0.05) is 18.2 Å². The van der Waals surface area contributed by atoms with Gasteiger partial charge in [-0.05, 0) is 69.0 Å². The van der Waals surface area contributed by atoms with Crippen LogP contribution in [-0.2, 0) is 21.4 Å². The third-order valence-corrected chi connectivity index (χ3v) is 6.41. The zero-order valence-corrected chi connectivity index (χ0v) is 21.0. The van der Waals surface area contributed by atoms with Crippen LogP contribution in [0.1, 0.15) is 50.9 Å². The number of benzene rings is 2. The highest BCUT2D eigenvalue weighted by molar-refractivity contribution is 5.84. The fourth-order valence-corrected chi connectivity index (χ4v) is 4.44. The van der Waals surface area contributed by atoms with Gasteiger partial charge in [0.05, 0.1) is 23.6 Å². The molecule has 1 aromatic heterocycles. The van der Waals surface area contributed by atoms with E-state index in [4.69, 9.17) is 14.7 Å². The molecule has 4 rings (SSSR count). The van der Waals surface area contributed by atoms with Crippen LogP contribution in [0, 0.1) is 11.3 Å². The standard InChI is InChI=1S/C28H31N3O5/c1-27(2,3)36-26(34)31-12-11-23(17-31)35-22-9-7-20(8-10-22)28(4,25(32)33)15-21-14-19-6-5-18(16-29)13-24(19)30-21/h5-10,13-14,23,30H,11-12,15,17H2,1-4H3,(H,32,33)/t23-,28?/m0/s1. The number of nitrogens with one attached hydrogen (secondary N) is 1. The molecule has 1 amide bonds. The Morgan fingerprint density at radius 3 is 2.50 bits per heavy atom. The van der Waals surface area contributed by atoms with Gasteiger partial charge in [-0.25, -0.2) is 4.79 Å². The first-order valence-corrected chi connectivity index (χ1v) is 12.0. The molecule has 8 nitrogen and oxygen atoms in total.